The first kappa shape index (κ1) is 13.0. The van der Waals surface area contributed by atoms with Gasteiger partial charge in [-0.15, -0.1) is 11.3 Å². The van der Waals surface area contributed by atoms with Crippen LogP contribution in [0.1, 0.15) is 4.88 Å². The first-order chi connectivity index (χ1) is 8.63. The maximum atomic E-state index is 12.1. The maximum absolute atomic E-state index is 12.1. The van der Waals surface area contributed by atoms with Crippen molar-refractivity contribution in [1.29, 1.82) is 0 Å². The number of hydrogen-bond donors (Lipinski definition) is 2. The summed E-state index contributed by atoms with van der Waals surface area (Å²) >= 11 is 1.51. The molecule has 0 bridgehead atoms. The van der Waals surface area contributed by atoms with Gasteiger partial charge in [-0.25, -0.2) is 13.1 Å². The molecule has 0 aliphatic rings. The van der Waals surface area contributed by atoms with E-state index in [1.165, 1.54) is 17.5 Å². The Morgan fingerprint density at radius 3 is 2.89 bits per heavy atom. The lowest BCUT2D eigenvalue weighted by molar-refractivity contribution is 0.581. The lowest BCUT2D eigenvalue weighted by Gasteiger charge is -2.09. The highest BCUT2D eigenvalue weighted by atomic mass is 32.2. The van der Waals surface area contributed by atoms with Crippen LogP contribution in [0.4, 0.5) is 5.69 Å². The van der Waals surface area contributed by atoms with Crippen molar-refractivity contribution in [2.75, 3.05) is 12.4 Å². The molecule has 2 aromatic rings. The molecule has 0 radical (unpaired) electrons. The second kappa shape index (κ2) is 5.47. The molecule has 2 N–H and O–H groups in total. The van der Waals surface area contributed by atoms with Crippen LogP contribution < -0.4 is 10.0 Å². The van der Waals surface area contributed by atoms with Crippen molar-refractivity contribution < 1.29 is 8.42 Å². The SMILES string of the molecule is CNc1ccncc1S(=O)(=O)NCc1cccs1. The van der Waals surface area contributed by atoms with Crippen molar-refractivity contribution in [3.05, 3.63) is 40.8 Å². The van der Waals surface area contributed by atoms with Crippen LogP contribution in [0.3, 0.4) is 0 Å². The molecule has 7 heteroatoms. The van der Waals surface area contributed by atoms with Gasteiger partial charge < -0.3 is 5.32 Å². The smallest absolute Gasteiger partial charge is 0.244 e. The van der Waals surface area contributed by atoms with Gasteiger partial charge >= 0.3 is 0 Å². The van der Waals surface area contributed by atoms with Crippen LogP contribution in [-0.2, 0) is 16.6 Å². The Balaban J connectivity index is 2.20. The molecule has 0 saturated heterocycles. The average molecular weight is 283 g/mol. The van der Waals surface area contributed by atoms with Gasteiger partial charge in [0.25, 0.3) is 0 Å². The molecule has 18 heavy (non-hydrogen) atoms. The minimum atomic E-state index is -3.55. The standard InChI is InChI=1S/C11H13N3O2S2/c1-12-10-4-5-13-8-11(10)18(15,16)14-7-9-3-2-6-17-9/h2-6,8,14H,7H2,1H3,(H,12,13). The number of rotatable bonds is 5. The third kappa shape index (κ3) is 2.87. The Morgan fingerprint density at radius 2 is 2.22 bits per heavy atom. The van der Waals surface area contributed by atoms with Crippen LogP contribution in [0.5, 0.6) is 0 Å². The van der Waals surface area contributed by atoms with Gasteiger partial charge in [0.15, 0.2) is 0 Å². The zero-order chi connectivity index (χ0) is 13.0. The van der Waals surface area contributed by atoms with E-state index in [0.29, 0.717) is 5.69 Å². The van der Waals surface area contributed by atoms with Gasteiger partial charge in [-0.3, -0.25) is 4.98 Å². The fraction of sp³-hybridized carbons (Fsp3) is 0.182. The van der Waals surface area contributed by atoms with E-state index in [1.807, 2.05) is 17.5 Å². The molecule has 0 aliphatic heterocycles. The molecule has 2 rings (SSSR count). The van der Waals surface area contributed by atoms with E-state index in [1.54, 1.807) is 19.3 Å². The van der Waals surface area contributed by atoms with Crippen LogP contribution in [-0.4, -0.2) is 20.4 Å². The maximum Gasteiger partial charge on any atom is 0.244 e. The van der Waals surface area contributed by atoms with E-state index >= 15 is 0 Å². The highest BCUT2D eigenvalue weighted by Crippen LogP contribution is 2.19. The second-order valence-electron chi connectivity index (χ2n) is 3.53. The summed E-state index contributed by atoms with van der Waals surface area (Å²) in [6.45, 7) is 0.290. The second-order valence-corrected chi connectivity index (χ2v) is 6.29. The van der Waals surface area contributed by atoms with Gasteiger partial charge in [-0.1, -0.05) is 6.07 Å². The third-order valence-electron chi connectivity index (χ3n) is 2.36. The molecule has 0 unspecified atom stereocenters. The first-order valence-corrected chi connectivity index (χ1v) is 7.63. The van der Waals surface area contributed by atoms with Gasteiger partial charge in [0.2, 0.25) is 10.0 Å². The number of anilines is 1. The van der Waals surface area contributed by atoms with Crippen LogP contribution >= 0.6 is 11.3 Å². The Morgan fingerprint density at radius 1 is 1.39 bits per heavy atom. The molecular formula is C11H13N3O2S2. The quantitative estimate of drug-likeness (QED) is 0.875. The normalized spacial score (nSPS) is 11.4. The Bertz CT molecular complexity index is 609. The lowest BCUT2D eigenvalue weighted by atomic mass is 10.4. The van der Waals surface area contributed by atoms with Crippen molar-refractivity contribution in [3.8, 4) is 0 Å². The highest BCUT2D eigenvalue weighted by molar-refractivity contribution is 7.89. The predicted molar refractivity (Wildman–Crippen MR) is 72.1 cm³/mol. The van der Waals surface area contributed by atoms with Crippen molar-refractivity contribution >= 4 is 27.0 Å². The van der Waals surface area contributed by atoms with E-state index in [2.05, 4.69) is 15.0 Å². The summed E-state index contributed by atoms with van der Waals surface area (Å²) in [5, 5.41) is 4.75. The van der Waals surface area contributed by atoms with Crippen LogP contribution in [0.15, 0.2) is 40.9 Å². The van der Waals surface area contributed by atoms with Gasteiger partial charge in [0.1, 0.15) is 4.90 Å². The summed E-state index contributed by atoms with van der Waals surface area (Å²) in [6.07, 6.45) is 2.88. The molecule has 0 atom stereocenters. The van der Waals surface area contributed by atoms with Crippen molar-refractivity contribution in [1.82, 2.24) is 9.71 Å². The molecule has 5 nitrogen and oxygen atoms in total. The summed E-state index contributed by atoms with van der Waals surface area (Å²) < 4.78 is 26.8. The first-order valence-electron chi connectivity index (χ1n) is 5.27. The van der Waals surface area contributed by atoms with E-state index in [0.717, 1.165) is 4.88 Å². The molecule has 0 fully saturated rings. The van der Waals surface area contributed by atoms with E-state index in [4.69, 9.17) is 0 Å². The Kier molecular flexibility index (Phi) is 3.95. The molecule has 96 valence electrons. The van der Waals surface area contributed by atoms with Gasteiger partial charge in [0.05, 0.1) is 5.69 Å². The number of nitrogens with one attached hydrogen (secondary N) is 2. The van der Waals surface area contributed by atoms with Crippen LogP contribution in [0, 0.1) is 0 Å². The summed E-state index contributed by atoms with van der Waals surface area (Å²) in [4.78, 5) is 4.97. The number of hydrogen-bond acceptors (Lipinski definition) is 5. The molecule has 0 spiro atoms. The largest absolute Gasteiger partial charge is 0.387 e. The molecule has 0 aliphatic carbocycles. The summed E-state index contributed by atoms with van der Waals surface area (Å²) in [7, 11) is -1.87. The highest BCUT2D eigenvalue weighted by Gasteiger charge is 2.17. The molecule has 2 aromatic heterocycles. The van der Waals surface area contributed by atoms with E-state index in [9.17, 15) is 8.42 Å². The fourth-order valence-electron chi connectivity index (χ4n) is 1.46. The van der Waals surface area contributed by atoms with Crippen molar-refractivity contribution in [2.24, 2.45) is 0 Å². The topological polar surface area (TPSA) is 71.1 Å². The van der Waals surface area contributed by atoms with Crippen LogP contribution in [0.2, 0.25) is 0 Å². The molecule has 2 heterocycles. The lowest BCUT2D eigenvalue weighted by Crippen LogP contribution is -2.23. The van der Waals surface area contributed by atoms with Crippen molar-refractivity contribution in [3.63, 3.8) is 0 Å². The minimum Gasteiger partial charge on any atom is -0.387 e. The monoisotopic (exact) mass is 283 g/mol. The van der Waals surface area contributed by atoms with Gasteiger partial charge in [-0.2, -0.15) is 0 Å². The molecular weight excluding hydrogens is 270 g/mol. The Hall–Kier alpha value is -1.44. The molecule has 0 saturated carbocycles. The fourth-order valence-corrected chi connectivity index (χ4v) is 3.35. The zero-order valence-corrected chi connectivity index (χ0v) is 11.4. The van der Waals surface area contributed by atoms with Gasteiger partial charge in [0, 0.05) is 30.9 Å². The molecule has 0 aromatic carbocycles. The minimum absolute atomic E-state index is 0.157. The van der Waals surface area contributed by atoms with Crippen LogP contribution in [0.25, 0.3) is 0 Å². The van der Waals surface area contributed by atoms with Gasteiger partial charge in [-0.05, 0) is 17.5 Å². The third-order valence-corrected chi connectivity index (χ3v) is 4.67. The number of nitrogens with zero attached hydrogens (tertiary/aromatic N) is 1. The summed E-state index contributed by atoms with van der Waals surface area (Å²) in [5.74, 6) is 0. The summed E-state index contributed by atoms with van der Waals surface area (Å²) in [6, 6.07) is 5.40. The predicted octanol–water partition coefficient (Wildman–Crippen LogP) is 1.66. The number of thiophene rings is 1. The number of pyridine rings is 1. The average Bonchev–Trinajstić information content (AvgIpc) is 2.89. The summed E-state index contributed by atoms with van der Waals surface area (Å²) in [5.41, 5.74) is 0.531. The Labute approximate surface area is 110 Å². The van der Waals surface area contributed by atoms with Crippen molar-refractivity contribution in [2.45, 2.75) is 11.4 Å². The zero-order valence-electron chi connectivity index (χ0n) is 9.75. The number of aromatic nitrogens is 1. The molecule has 0 amide bonds. The number of sulfonamides is 1. The van der Waals surface area contributed by atoms with E-state index < -0.39 is 10.0 Å². The van der Waals surface area contributed by atoms with E-state index in [-0.39, 0.29) is 11.4 Å².